The minimum absolute atomic E-state index is 0.413. The van der Waals surface area contributed by atoms with Gasteiger partial charge in [0.25, 0.3) is 0 Å². The molecule has 4 nitrogen and oxygen atoms in total. The second kappa shape index (κ2) is 5.48. The van der Waals surface area contributed by atoms with Crippen molar-refractivity contribution in [2.24, 2.45) is 0 Å². The van der Waals surface area contributed by atoms with Crippen LogP contribution in [0.4, 0.5) is 0 Å². The first kappa shape index (κ1) is 13.9. The molecule has 0 amide bonds. The Balaban J connectivity index is 1.55. The van der Waals surface area contributed by atoms with Crippen LogP contribution in [0, 0.1) is 6.92 Å². The molecule has 0 aliphatic carbocycles. The van der Waals surface area contributed by atoms with Gasteiger partial charge < -0.3 is 4.98 Å². The SMILES string of the molecule is Cc1nc2c([nH]1)CCN(C(C)c1ccc3scnc3c1)CC2. The average Bonchev–Trinajstić information content (AvgIpc) is 3.07. The van der Waals surface area contributed by atoms with E-state index in [0.717, 1.165) is 37.3 Å². The Kier molecular flexibility index (Phi) is 3.47. The van der Waals surface area contributed by atoms with Gasteiger partial charge in [-0.1, -0.05) is 6.07 Å². The summed E-state index contributed by atoms with van der Waals surface area (Å²) in [5.41, 5.74) is 6.97. The van der Waals surface area contributed by atoms with Crippen LogP contribution in [-0.4, -0.2) is 32.9 Å². The van der Waals surface area contributed by atoms with Crippen molar-refractivity contribution in [3.8, 4) is 0 Å². The Labute approximate surface area is 134 Å². The molecule has 22 heavy (non-hydrogen) atoms. The molecule has 4 rings (SSSR count). The van der Waals surface area contributed by atoms with E-state index in [1.807, 2.05) is 12.4 Å². The number of fused-ring (bicyclic) bond motifs is 2. The summed E-state index contributed by atoms with van der Waals surface area (Å²) in [6, 6.07) is 7.10. The van der Waals surface area contributed by atoms with Crippen molar-refractivity contribution < 1.29 is 0 Å². The highest BCUT2D eigenvalue weighted by Gasteiger charge is 2.21. The van der Waals surface area contributed by atoms with Crippen molar-refractivity contribution >= 4 is 21.6 Å². The van der Waals surface area contributed by atoms with E-state index in [4.69, 9.17) is 0 Å². The van der Waals surface area contributed by atoms with Crippen LogP contribution in [0.5, 0.6) is 0 Å². The van der Waals surface area contributed by atoms with Crippen LogP contribution in [-0.2, 0) is 12.8 Å². The quantitative estimate of drug-likeness (QED) is 0.788. The Morgan fingerprint density at radius 1 is 1.27 bits per heavy atom. The van der Waals surface area contributed by atoms with E-state index < -0.39 is 0 Å². The van der Waals surface area contributed by atoms with Crippen LogP contribution < -0.4 is 0 Å². The lowest BCUT2D eigenvalue weighted by atomic mass is 10.1. The zero-order valence-electron chi connectivity index (χ0n) is 13.0. The molecule has 5 heteroatoms. The van der Waals surface area contributed by atoms with E-state index in [0.29, 0.717) is 6.04 Å². The lowest BCUT2D eigenvalue weighted by Crippen LogP contribution is -2.29. The maximum absolute atomic E-state index is 4.62. The number of benzene rings is 1. The summed E-state index contributed by atoms with van der Waals surface area (Å²) in [4.78, 5) is 15.0. The summed E-state index contributed by atoms with van der Waals surface area (Å²) >= 11 is 1.70. The second-order valence-electron chi connectivity index (χ2n) is 6.04. The highest BCUT2D eigenvalue weighted by Crippen LogP contribution is 2.27. The summed E-state index contributed by atoms with van der Waals surface area (Å²) in [7, 11) is 0. The molecule has 2 aromatic heterocycles. The average molecular weight is 312 g/mol. The molecule has 0 radical (unpaired) electrons. The number of imidazole rings is 1. The van der Waals surface area contributed by atoms with Gasteiger partial charge in [-0.3, -0.25) is 4.90 Å². The number of aromatic amines is 1. The third-order valence-corrected chi connectivity index (χ3v) is 5.46. The van der Waals surface area contributed by atoms with Gasteiger partial charge in [-0.2, -0.15) is 0 Å². The molecule has 0 saturated carbocycles. The van der Waals surface area contributed by atoms with Crippen molar-refractivity contribution in [2.75, 3.05) is 13.1 Å². The highest BCUT2D eigenvalue weighted by molar-refractivity contribution is 7.16. The Hall–Kier alpha value is -1.72. The molecule has 1 aliphatic heterocycles. The van der Waals surface area contributed by atoms with E-state index in [9.17, 15) is 0 Å². The van der Waals surface area contributed by atoms with Crippen molar-refractivity contribution in [3.63, 3.8) is 0 Å². The molecule has 3 aromatic rings. The molecule has 114 valence electrons. The maximum atomic E-state index is 4.62. The number of hydrogen-bond acceptors (Lipinski definition) is 4. The third kappa shape index (κ3) is 2.44. The Morgan fingerprint density at radius 3 is 3.05 bits per heavy atom. The largest absolute Gasteiger partial charge is 0.346 e. The summed E-state index contributed by atoms with van der Waals surface area (Å²) in [5, 5.41) is 0. The fourth-order valence-electron chi connectivity index (χ4n) is 3.35. The molecule has 1 aromatic carbocycles. The van der Waals surface area contributed by atoms with Gasteiger partial charge in [0.15, 0.2) is 0 Å². The highest BCUT2D eigenvalue weighted by atomic mass is 32.1. The lowest BCUT2D eigenvalue weighted by molar-refractivity contribution is 0.220. The van der Waals surface area contributed by atoms with Crippen LogP contribution >= 0.6 is 11.3 Å². The smallest absolute Gasteiger partial charge is 0.103 e. The number of nitrogens with zero attached hydrogens (tertiary/aromatic N) is 3. The van der Waals surface area contributed by atoms with Crippen LogP contribution in [0.3, 0.4) is 0 Å². The minimum Gasteiger partial charge on any atom is -0.346 e. The van der Waals surface area contributed by atoms with Gasteiger partial charge in [0.2, 0.25) is 0 Å². The fraction of sp³-hybridized carbons (Fsp3) is 0.412. The first-order valence-corrected chi connectivity index (χ1v) is 8.70. The first-order valence-electron chi connectivity index (χ1n) is 7.82. The Morgan fingerprint density at radius 2 is 2.14 bits per heavy atom. The number of hydrogen-bond donors (Lipinski definition) is 1. The fourth-order valence-corrected chi connectivity index (χ4v) is 4.01. The zero-order valence-corrected chi connectivity index (χ0v) is 13.8. The van der Waals surface area contributed by atoms with E-state index in [-0.39, 0.29) is 0 Å². The van der Waals surface area contributed by atoms with Gasteiger partial charge in [-0.05, 0) is 31.5 Å². The van der Waals surface area contributed by atoms with Crippen LogP contribution in [0.25, 0.3) is 10.2 Å². The molecule has 1 aliphatic rings. The normalized spacial score (nSPS) is 17.4. The number of nitrogens with one attached hydrogen (secondary N) is 1. The van der Waals surface area contributed by atoms with Crippen molar-refractivity contribution in [3.05, 3.63) is 46.5 Å². The molecule has 0 fully saturated rings. The standard InChI is InChI=1S/C17H20N4S/c1-11(13-3-4-17-16(9-13)18-10-22-17)21-7-5-14-15(6-8-21)20-12(2)19-14/h3-4,9-11H,5-8H2,1-2H3,(H,19,20). The summed E-state index contributed by atoms with van der Waals surface area (Å²) < 4.78 is 1.27. The second-order valence-corrected chi connectivity index (χ2v) is 6.93. The Bertz CT molecular complexity index is 778. The third-order valence-electron chi connectivity index (χ3n) is 4.65. The number of thiazole rings is 1. The first-order chi connectivity index (χ1) is 10.7. The van der Waals surface area contributed by atoms with Gasteiger partial charge in [0.05, 0.1) is 21.4 Å². The molecular formula is C17H20N4S. The molecular weight excluding hydrogens is 292 g/mol. The maximum Gasteiger partial charge on any atom is 0.103 e. The predicted octanol–water partition coefficient (Wildman–Crippen LogP) is 3.49. The van der Waals surface area contributed by atoms with Gasteiger partial charge >= 0.3 is 0 Å². The zero-order chi connectivity index (χ0) is 15.1. The van der Waals surface area contributed by atoms with Crippen molar-refractivity contribution in [1.29, 1.82) is 0 Å². The minimum atomic E-state index is 0.413. The molecule has 0 spiro atoms. The van der Waals surface area contributed by atoms with Gasteiger partial charge in [-0.25, -0.2) is 9.97 Å². The van der Waals surface area contributed by atoms with E-state index >= 15 is 0 Å². The molecule has 0 saturated heterocycles. The van der Waals surface area contributed by atoms with Gasteiger partial charge in [-0.15, -0.1) is 11.3 Å². The number of H-pyrrole nitrogens is 1. The topological polar surface area (TPSA) is 44.8 Å². The lowest BCUT2D eigenvalue weighted by Gasteiger charge is -2.27. The summed E-state index contributed by atoms with van der Waals surface area (Å²) in [6.45, 7) is 6.47. The van der Waals surface area contributed by atoms with Crippen molar-refractivity contribution in [1.82, 2.24) is 19.9 Å². The van der Waals surface area contributed by atoms with Crippen molar-refractivity contribution in [2.45, 2.75) is 32.7 Å². The molecule has 3 heterocycles. The van der Waals surface area contributed by atoms with E-state index in [1.54, 1.807) is 11.3 Å². The molecule has 1 unspecified atom stereocenters. The van der Waals surface area contributed by atoms with Gasteiger partial charge in [0, 0.05) is 37.7 Å². The summed E-state index contributed by atoms with van der Waals surface area (Å²) in [5.74, 6) is 1.04. The van der Waals surface area contributed by atoms with Crippen LogP contribution in [0.1, 0.15) is 35.7 Å². The monoisotopic (exact) mass is 312 g/mol. The molecule has 1 N–H and O–H groups in total. The van der Waals surface area contributed by atoms with Crippen LogP contribution in [0.15, 0.2) is 23.7 Å². The van der Waals surface area contributed by atoms with Gasteiger partial charge in [0.1, 0.15) is 5.82 Å². The molecule has 0 bridgehead atoms. The molecule has 1 atom stereocenters. The predicted molar refractivity (Wildman–Crippen MR) is 90.3 cm³/mol. The number of aryl methyl sites for hydroxylation is 1. The number of rotatable bonds is 2. The van der Waals surface area contributed by atoms with Crippen LogP contribution in [0.2, 0.25) is 0 Å². The van der Waals surface area contributed by atoms with E-state index in [1.165, 1.54) is 21.7 Å². The van der Waals surface area contributed by atoms with E-state index in [2.05, 4.69) is 45.0 Å². The summed E-state index contributed by atoms with van der Waals surface area (Å²) in [6.07, 6.45) is 2.09. The number of aromatic nitrogens is 3.